The van der Waals surface area contributed by atoms with Gasteiger partial charge in [-0.15, -0.1) is 0 Å². The zero-order valence-electron chi connectivity index (χ0n) is 12.9. The number of methoxy groups -OCH3 is 1. The van der Waals surface area contributed by atoms with Crippen molar-refractivity contribution in [1.82, 2.24) is 4.90 Å². The molecule has 5 heteroatoms. The lowest BCUT2D eigenvalue weighted by Gasteiger charge is -2.21. The number of benzene rings is 1. The number of rotatable bonds is 8. The Balaban J connectivity index is 2.69. The first-order valence-corrected chi connectivity index (χ1v) is 7.17. The fourth-order valence-corrected chi connectivity index (χ4v) is 1.99. The van der Waals surface area contributed by atoms with Gasteiger partial charge in [0.25, 0.3) is 0 Å². The van der Waals surface area contributed by atoms with Crippen molar-refractivity contribution in [2.24, 2.45) is 0 Å². The molecule has 0 aliphatic carbocycles. The average Bonchev–Trinajstić information content (AvgIpc) is 2.47. The summed E-state index contributed by atoms with van der Waals surface area (Å²) in [5.41, 5.74) is 0.865. The zero-order valence-corrected chi connectivity index (χ0v) is 12.9. The second-order valence-corrected chi connectivity index (χ2v) is 4.65. The van der Waals surface area contributed by atoms with Gasteiger partial charge in [0.05, 0.1) is 20.1 Å². The highest BCUT2D eigenvalue weighted by molar-refractivity contribution is 5.83. The molecule has 0 saturated carbocycles. The standard InChI is InChI=1S/C16H23NO4/c1-4-9-17(12-16(19)21-5-2)15(18)11-13-7-6-8-14(10-13)20-3/h6-8,10H,4-5,9,11-12H2,1-3H3. The van der Waals surface area contributed by atoms with Gasteiger partial charge >= 0.3 is 5.97 Å². The lowest BCUT2D eigenvalue weighted by molar-refractivity contribution is -0.148. The summed E-state index contributed by atoms with van der Waals surface area (Å²) >= 11 is 0. The maximum Gasteiger partial charge on any atom is 0.325 e. The summed E-state index contributed by atoms with van der Waals surface area (Å²) in [5.74, 6) is 0.260. The molecule has 0 unspecified atom stereocenters. The largest absolute Gasteiger partial charge is 0.497 e. The van der Waals surface area contributed by atoms with Crippen LogP contribution in [0.1, 0.15) is 25.8 Å². The molecule has 0 saturated heterocycles. The molecule has 0 N–H and O–H groups in total. The Morgan fingerprint density at radius 3 is 2.62 bits per heavy atom. The van der Waals surface area contributed by atoms with Crippen LogP contribution in [0.2, 0.25) is 0 Å². The molecule has 0 aromatic heterocycles. The van der Waals surface area contributed by atoms with Crippen LogP contribution in [0.25, 0.3) is 0 Å². The Bertz CT molecular complexity index is 473. The number of hydrogen-bond acceptors (Lipinski definition) is 4. The van der Waals surface area contributed by atoms with E-state index < -0.39 is 0 Å². The van der Waals surface area contributed by atoms with E-state index in [9.17, 15) is 9.59 Å². The number of carbonyl (C=O) groups excluding carboxylic acids is 2. The third-order valence-electron chi connectivity index (χ3n) is 2.96. The van der Waals surface area contributed by atoms with Gasteiger partial charge in [0.15, 0.2) is 0 Å². The highest BCUT2D eigenvalue weighted by Crippen LogP contribution is 2.13. The Morgan fingerprint density at radius 1 is 1.24 bits per heavy atom. The number of esters is 1. The molecule has 1 aromatic rings. The van der Waals surface area contributed by atoms with Gasteiger partial charge in [0.1, 0.15) is 12.3 Å². The molecular formula is C16H23NO4. The van der Waals surface area contributed by atoms with Crippen molar-refractivity contribution in [3.05, 3.63) is 29.8 Å². The number of amides is 1. The summed E-state index contributed by atoms with van der Waals surface area (Å²) < 4.78 is 10.0. The van der Waals surface area contributed by atoms with Gasteiger partial charge in [0, 0.05) is 6.54 Å². The normalized spacial score (nSPS) is 10.0. The van der Waals surface area contributed by atoms with E-state index in [1.165, 1.54) is 4.90 Å². The van der Waals surface area contributed by atoms with Gasteiger partial charge in [0.2, 0.25) is 5.91 Å². The summed E-state index contributed by atoms with van der Waals surface area (Å²) in [4.78, 5) is 25.4. The van der Waals surface area contributed by atoms with Crippen molar-refractivity contribution in [2.45, 2.75) is 26.7 Å². The topological polar surface area (TPSA) is 55.8 Å². The first-order valence-electron chi connectivity index (χ1n) is 7.17. The molecule has 0 aliphatic heterocycles. The molecule has 0 bridgehead atoms. The molecule has 5 nitrogen and oxygen atoms in total. The molecule has 21 heavy (non-hydrogen) atoms. The molecule has 0 spiro atoms. The van der Waals surface area contributed by atoms with Crippen LogP contribution in [-0.4, -0.2) is 43.6 Å². The number of hydrogen-bond donors (Lipinski definition) is 0. The predicted octanol–water partition coefficient (Wildman–Crippen LogP) is 2.04. The first kappa shape index (κ1) is 17.0. The van der Waals surface area contributed by atoms with Crippen molar-refractivity contribution < 1.29 is 19.1 Å². The van der Waals surface area contributed by atoms with E-state index in [-0.39, 0.29) is 24.8 Å². The lowest BCUT2D eigenvalue weighted by Crippen LogP contribution is -2.38. The van der Waals surface area contributed by atoms with Crippen LogP contribution < -0.4 is 4.74 Å². The maximum atomic E-state index is 12.3. The lowest BCUT2D eigenvalue weighted by atomic mass is 10.1. The Morgan fingerprint density at radius 2 is 2.00 bits per heavy atom. The van der Waals surface area contributed by atoms with Crippen LogP contribution in [0.5, 0.6) is 5.75 Å². The highest BCUT2D eigenvalue weighted by Gasteiger charge is 2.17. The fourth-order valence-electron chi connectivity index (χ4n) is 1.99. The molecule has 1 rings (SSSR count). The summed E-state index contributed by atoms with van der Waals surface area (Å²) in [6, 6.07) is 7.37. The first-order chi connectivity index (χ1) is 10.1. The summed E-state index contributed by atoms with van der Waals surface area (Å²) in [6.07, 6.45) is 1.04. The monoisotopic (exact) mass is 293 g/mol. The predicted molar refractivity (Wildman–Crippen MR) is 80.2 cm³/mol. The second kappa shape index (κ2) is 9.00. The molecule has 0 fully saturated rings. The van der Waals surface area contributed by atoms with E-state index in [1.54, 1.807) is 14.0 Å². The maximum absolute atomic E-state index is 12.3. The Hall–Kier alpha value is -2.04. The average molecular weight is 293 g/mol. The molecule has 1 amide bonds. The SMILES string of the molecule is CCCN(CC(=O)OCC)C(=O)Cc1cccc(OC)c1. The minimum Gasteiger partial charge on any atom is -0.497 e. The van der Waals surface area contributed by atoms with E-state index >= 15 is 0 Å². The minimum absolute atomic E-state index is 0.00445. The van der Waals surface area contributed by atoms with Gasteiger partial charge in [-0.2, -0.15) is 0 Å². The van der Waals surface area contributed by atoms with E-state index in [0.717, 1.165) is 12.0 Å². The number of carbonyl (C=O) groups is 2. The van der Waals surface area contributed by atoms with Gasteiger partial charge in [-0.25, -0.2) is 0 Å². The summed E-state index contributed by atoms with van der Waals surface area (Å²) in [6.45, 7) is 4.59. The summed E-state index contributed by atoms with van der Waals surface area (Å²) in [5, 5.41) is 0. The van der Waals surface area contributed by atoms with E-state index in [1.807, 2.05) is 31.2 Å². The second-order valence-electron chi connectivity index (χ2n) is 4.65. The number of nitrogens with zero attached hydrogens (tertiary/aromatic N) is 1. The molecule has 0 radical (unpaired) electrons. The molecule has 116 valence electrons. The smallest absolute Gasteiger partial charge is 0.325 e. The molecule has 1 aromatic carbocycles. The van der Waals surface area contributed by atoms with Crippen molar-refractivity contribution in [3.8, 4) is 5.75 Å². The van der Waals surface area contributed by atoms with Crippen LogP contribution >= 0.6 is 0 Å². The van der Waals surface area contributed by atoms with Gasteiger partial charge in [-0.3, -0.25) is 9.59 Å². The molecular weight excluding hydrogens is 270 g/mol. The fraction of sp³-hybridized carbons (Fsp3) is 0.500. The van der Waals surface area contributed by atoms with E-state index in [2.05, 4.69) is 0 Å². The van der Waals surface area contributed by atoms with Gasteiger partial charge < -0.3 is 14.4 Å². The Kier molecular flexibility index (Phi) is 7.29. The number of ether oxygens (including phenoxy) is 2. The minimum atomic E-state index is -0.370. The molecule has 0 aliphatic rings. The van der Waals surface area contributed by atoms with E-state index in [0.29, 0.717) is 18.9 Å². The molecule has 0 atom stereocenters. The highest BCUT2D eigenvalue weighted by atomic mass is 16.5. The van der Waals surface area contributed by atoms with Crippen LogP contribution in [0.15, 0.2) is 24.3 Å². The van der Waals surface area contributed by atoms with Crippen molar-refractivity contribution in [3.63, 3.8) is 0 Å². The van der Waals surface area contributed by atoms with E-state index in [4.69, 9.17) is 9.47 Å². The van der Waals surface area contributed by atoms with Crippen LogP contribution in [-0.2, 0) is 20.7 Å². The van der Waals surface area contributed by atoms with Crippen molar-refractivity contribution >= 4 is 11.9 Å². The molecule has 0 heterocycles. The Labute approximate surface area is 125 Å². The summed E-state index contributed by atoms with van der Waals surface area (Å²) in [7, 11) is 1.59. The van der Waals surface area contributed by atoms with Crippen LogP contribution in [0, 0.1) is 0 Å². The quantitative estimate of drug-likeness (QED) is 0.688. The van der Waals surface area contributed by atoms with Crippen LogP contribution in [0.4, 0.5) is 0 Å². The van der Waals surface area contributed by atoms with Gasteiger partial charge in [-0.05, 0) is 31.0 Å². The van der Waals surface area contributed by atoms with Crippen molar-refractivity contribution in [1.29, 1.82) is 0 Å². The third kappa shape index (κ3) is 5.85. The third-order valence-corrected chi connectivity index (χ3v) is 2.96. The van der Waals surface area contributed by atoms with Crippen molar-refractivity contribution in [2.75, 3.05) is 26.8 Å². The zero-order chi connectivity index (χ0) is 15.7. The van der Waals surface area contributed by atoms with Gasteiger partial charge in [-0.1, -0.05) is 19.1 Å². The van der Waals surface area contributed by atoms with Crippen LogP contribution in [0.3, 0.4) is 0 Å².